The standard InChI is InChI=1S/C5H9N3O2/c9-5(10)2-1-4-3-6-8-7-4/h3,5,9-10H,1-2H2,(H,6,7,8). The van der Waals surface area contributed by atoms with Crippen LogP contribution in [0.4, 0.5) is 0 Å². The second-order valence-corrected chi connectivity index (χ2v) is 1.98. The number of aryl methyl sites for hydroxylation is 1. The van der Waals surface area contributed by atoms with Gasteiger partial charge in [0.15, 0.2) is 6.29 Å². The minimum atomic E-state index is -1.25. The van der Waals surface area contributed by atoms with Crippen molar-refractivity contribution in [2.24, 2.45) is 0 Å². The number of aromatic amines is 1. The van der Waals surface area contributed by atoms with Gasteiger partial charge in [-0.15, -0.1) is 0 Å². The molecule has 0 fully saturated rings. The highest BCUT2D eigenvalue weighted by Gasteiger charge is 1.99. The molecule has 1 heterocycles. The van der Waals surface area contributed by atoms with Crippen LogP contribution in [-0.2, 0) is 6.42 Å². The maximum Gasteiger partial charge on any atom is 0.151 e. The van der Waals surface area contributed by atoms with Gasteiger partial charge in [0, 0.05) is 6.42 Å². The van der Waals surface area contributed by atoms with Gasteiger partial charge in [0.25, 0.3) is 0 Å². The first-order valence-corrected chi connectivity index (χ1v) is 3.00. The van der Waals surface area contributed by atoms with Crippen LogP contribution in [0.5, 0.6) is 0 Å². The molecule has 5 nitrogen and oxygen atoms in total. The lowest BCUT2D eigenvalue weighted by atomic mass is 10.2. The molecule has 0 aliphatic carbocycles. The van der Waals surface area contributed by atoms with Crippen molar-refractivity contribution < 1.29 is 10.2 Å². The van der Waals surface area contributed by atoms with Crippen LogP contribution in [0.3, 0.4) is 0 Å². The Kier molecular flexibility index (Phi) is 2.35. The highest BCUT2D eigenvalue weighted by molar-refractivity contribution is 4.89. The van der Waals surface area contributed by atoms with Gasteiger partial charge in [0.05, 0.1) is 11.9 Å². The predicted molar refractivity (Wildman–Crippen MR) is 32.9 cm³/mol. The third-order valence-corrected chi connectivity index (χ3v) is 1.12. The highest BCUT2D eigenvalue weighted by atomic mass is 16.5. The second-order valence-electron chi connectivity index (χ2n) is 1.98. The summed E-state index contributed by atoms with van der Waals surface area (Å²) in [6.45, 7) is 0. The van der Waals surface area contributed by atoms with Crippen LogP contribution in [0.1, 0.15) is 12.1 Å². The van der Waals surface area contributed by atoms with Crippen LogP contribution in [-0.4, -0.2) is 31.9 Å². The van der Waals surface area contributed by atoms with Gasteiger partial charge in [0.2, 0.25) is 0 Å². The molecule has 0 atom stereocenters. The first-order valence-electron chi connectivity index (χ1n) is 3.00. The van der Waals surface area contributed by atoms with Crippen molar-refractivity contribution in [2.75, 3.05) is 0 Å². The van der Waals surface area contributed by atoms with E-state index in [1.807, 2.05) is 0 Å². The normalized spacial score (nSPS) is 10.7. The SMILES string of the molecule is OC(O)CCc1cn[nH]n1. The fourth-order valence-corrected chi connectivity index (χ4v) is 0.623. The lowest BCUT2D eigenvalue weighted by Crippen LogP contribution is -2.05. The minimum Gasteiger partial charge on any atom is -0.368 e. The number of H-pyrrole nitrogens is 1. The lowest BCUT2D eigenvalue weighted by Gasteiger charge is -1.98. The van der Waals surface area contributed by atoms with Gasteiger partial charge < -0.3 is 10.2 Å². The predicted octanol–water partition coefficient (Wildman–Crippen LogP) is -0.952. The Labute approximate surface area is 57.7 Å². The molecule has 0 unspecified atom stereocenters. The topological polar surface area (TPSA) is 82.0 Å². The molecule has 1 aromatic rings. The van der Waals surface area contributed by atoms with E-state index in [0.717, 1.165) is 5.69 Å². The molecule has 0 saturated heterocycles. The number of nitrogens with one attached hydrogen (secondary N) is 1. The van der Waals surface area contributed by atoms with E-state index >= 15 is 0 Å². The molecule has 5 heteroatoms. The fraction of sp³-hybridized carbons (Fsp3) is 0.600. The van der Waals surface area contributed by atoms with Gasteiger partial charge in [-0.25, -0.2) is 0 Å². The number of aromatic nitrogens is 3. The lowest BCUT2D eigenvalue weighted by molar-refractivity contribution is -0.0448. The molecule has 1 rings (SSSR count). The summed E-state index contributed by atoms with van der Waals surface area (Å²) in [4.78, 5) is 0. The molecule has 0 spiro atoms. The first-order chi connectivity index (χ1) is 4.79. The van der Waals surface area contributed by atoms with E-state index in [1.54, 1.807) is 6.20 Å². The van der Waals surface area contributed by atoms with E-state index < -0.39 is 6.29 Å². The van der Waals surface area contributed by atoms with E-state index in [-0.39, 0.29) is 0 Å². The molecular formula is C5H9N3O2. The molecule has 0 amide bonds. The summed E-state index contributed by atoms with van der Waals surface area (Å²) in [6, 6.07) is 0. The number of hydrogen-bond donors (Lipinski definition) is 3. The molecule has 0 aliphatic heterocycles. The fourth-order valence-electron chi connectivity index (χ4n) is 0.623. The molecule has 0 aromatic carbocycles. The molecule has 0 radical (unpaired) electrons. The summed E-state index contributed by atoms with van der Waals surface area (Å²) in [6.07, 6.45) is 1.14. The van der Waals surface area contributed by atoms with Crippen molar-refractivity contribution in [1.82, 2.24) is 15.4 Å². The number of nitrogens with zero attached hydrogens (tertiary/aromatic N) is 2. The van der Waals surface area contributed by atoms with Crippen molar-refractivity contribution in [3.8, 4) is 0 Å². The first kappa shape index (κ1) is 7.17. The van der Waals surface area contributed by atoms with Crippen molar-refractivity contribution in [3.05, 3.63) is 11.9 Å². The summed E-state index contributed by atoms with van der Waals surface area (Å²) >= 11 is 0. The molecule has 10 heavy (non-hydrogen) atoms. The summed E-state index contributed by atoms with van der Waals surface area (Å²) < 4.78 is 0. The third kappa shape index (κ3) is 2.12. The summed E-state index contributed by atoms with van der Waals surface area (Å²) in [7, 11) is 0. The zero-order valence-corrected chi connectivity index (χ0v) is 5.36. The Morgan fingerprint density at radius 2 is 2.40 bits per heavy atom. The maximum absolute atomic E-state index is 8.45. The Hall–Kier alpha value is -0.940. The number of rotatable bonds is 3. The minimum absolute atomic E-state index is 0.298. The van der Waals surface area contributed by atoms with Crippen LogP contribution in [0, 0.1) is 0 Å². The largest absolute Gasteiger partial charge is 0.368 e. The second kappa shape index (κ2) is 3.28. The van der Waals surface area contributed by atoms with Gasteiger partial charge in [0.1, 0.15) is 0 Å². The monoisotopic (exact) mass is 143 g/mol. The Bertz CT molecular complexity index is 173. The molecule has 3 N–H and O–H groups in total. The van der Waals surface area contributed by atoms with Gasteiger partial charge in [-0.2, -0.15) is 15.4 Å². The van der Waals surface area contributed by atoms with Crippen LogP contribution in [0.25, 0.3) is 0 Å². The molecule has 0 aliphatic rings. The van der Waals surface area contributed by atoms with Crippen molar-refractivity contribution >= 4 is 0 Å². The maximum atomic E-state index is 8.45. The summed E-state index contributed by atoms with van der Waals surface area (Å²) in [5.74, 6) is 0. The summed E-state index contributed by atoms with van der Waals surface area (Å²) in [5.41, 5.74) is 0.744. The van der Waals surface area contributed by atoms with Crippen molar-refractivity contribution in [2.45, 2.75) is 19.1 Å². The van der Waals surface area contributed by atoms with E-state index in [4.69, 9.17) is 10.2 Å². The van der Waals surface area contributed by atoms with Crippen LogP contribution in [0.2, 0.25) is 0 Å². The molecule has 0 bridgehead atoms. The molecular weight excluding hydrogens is 134 g/mol. The van der Waals surface area contributed by atoms with Crippen LogP contribution in [0.15, 0.2) is 6.20 Å². The average Bonchev–Trinajstić information content (AvgIpc) is 2.34. The smallest absolute Gasteiger partial charge is 0.151 e. The van der Waals surface area contributed by atoms with E-state index in [9.17, 15) is 0 Å². The van der Waals surface area contributed by atoms with Crippen LogP contribution >= 0.6 is 0 Å². The van der Waals surface area contributed by atoms with E-state index in [0.29, 0.717) is 12.8 Å². The number of hydrogen-bond acceptors (Lipinski definition) is 4. The van der Waals surface area contributed by atoms with Gasteiger partial charge in [-0.1, -0.05) is 0 Å². The quantitative estimate of drug-likeness (QED) is 0.476. The molecule has 0 saturated carbocycles. The number of aliphatic hydroxyl groups is 2. The van der Waals surface area contributed by atoms with Crippen molar-refractivity contribution in [1.29, 1.82) is 0 Å². The van der Waals surface area contributed by atoms with Crippen molar-refractivity contribution in [3.63, 3.8) is 0 Å². The Morgan fingerprint density at radius 1 is 1.60 bits per heavy atom. The van der Waals surface area contributed by atoms with Gasteiger partial charge >= 0.3 is 0 Å². The van der Waals surface area contributed by atoms with E-state index in [2.05, 4.69) is 15.4 Å². The van der Waals surface area contributed by atoms with E-state index in [1.165, 1.54) is 0 Å². The number of aliphatic hydroxyl groups excluding tert-OH is 1. The Balaban J connectivity index is 2.28. The molecule has 1 aromatic heterocycles. The Morgan fingerprint density at radius 3 is 2.90 bits per heavy atom. The summed E-state index contributed by atoms with van der Waals surface area (Å²) in [5, 5.41) is 26.6. The average molecular weight is 143 g/mol. The third-order valence-electron chi connectivity index (χ3n) is 1.12. The zero-order valence-electron chi connectivity index (χ0n) is 5.36. The van der Waals surface area contributed by atoms with Gasteiger partial charge in [-0.05, 0) is 6.42 Å². The van der Waals surface area contributed by atoms with Gasteiger partial charge in [-0.3, -0.25) is 0 Å². The molecule has 56 valence electrons. The highest BCUT2D eigenvalue weighted by Crippen LogP contribution is 1.96. The zero-order chi connectivity index (χ0) is 7.40. The van der Waals surface area contributed by atoms with Crippen LogP contribution < -0.4 is 0 Å².